The summed E-state index contributed by atoms with van der Waals surface area (Å²) >= 11 is 0. The molecule has 4 heteroatoms. The molecule has 116 valence electrons. The average Bonchev–Trinajstić information content (AvgIpc) is 3.14. The minimum atomic E-state index is 0.689. The number of aromatic nitrogens is 2. The summed E-state index contributed by atoms with van der Waals surface area (Å²) in [7, 11) is 0. The minimum Gasteiger partial charge on any atom is -0.339 e. The Hall–Kier alpha value is -1.68. The van der Waals surface area contributed by atoms with E-state index in [2.05, 4.69) is 46.6 Å². The first-order chi connectivity index (χ1) is 10.8. The quantitative estimate of drug-likeness (QED) is 0.940. The Morgan fingerprint density at radius 2 is 1.86 bits per heavy atom. The van der Waals surface area contributed by atoms with Crippen LogP contribution in [-0.2, 0) is 12.8 Å². The van der Waals surface area contributed by atoms with Crippen LogP contribution >= 0.6 is 0 Å². The third-order valence-electron chi connectivity index (χ3n) is 5.12. The third-order valence-corrected chi connectivity index (χ3v) is 5.12. The molecule has 2 saturated heterocycles. The van der Waals surface area contributed by atoms with Crippen LogP contribution < -0.4 is 5.32 Å². The number of aryl methyl sites for hydroxylation is 1. The molecule has 0 spiro atoms. The molecule has 2 atom stereocenters. The van der Waals surface area contributed by atoms with Crippen LogP contribution in [0, 0.1) is 5.92 Å². The summed E-state index contributed by atoms with van der Waals surface area (Å²) in [5.41, 5.74) is 2.37. The molecule has 0 aliphatic carbocycles. The van der Waals surface area contributed by atoms with Gasteiger partial charge in [-0.05, 0) is 43.6 Å². The van der Waals surface area contributed by atoms with E-state index < -0.39 is 0 Å². The molecule has 3 heterocycles. The molecule has 0 radical (unpaired) electrons. The Balaban J connectivity index is 1.44. The van der Waals surface area contributed by atoms with Gasteiger partial charge in [-0.1, -0.05) is 36.3 Å². The van der Waals surface area contributed by atoms with Gasteiger partial charge >= 0.3 is 0 Å². The van der Waals surface area contributed by atoms with Crippen molar-refractivity contribution in [2.75, 3.05) is 0 Å². The van der Waals surface area contributed by atoms with Crippen molar-refractivity contribution in [2.45, 2.75) is 57.5 Å². The Bertz CT molecular complexity index is 622. The summed E-state index contributed by atoms with van der Waals surface area (Å²) in [6, 6.07) is 9.86. The molecule has 2 aliphatic heterocycles. The van der Waals surface area contributed by atoms with Gasteiger partial charge in [-0.3, -0.25) is 0 Å². The SMILES string of the molecule is CCc1ccc(-c2noc(CC3CC4CCC(C3)N4)n2)cc1. The molecule has 2 bridgehead atoms. The highest BCUT2D eigenvalue weighted by Gasteiger charge is 2.34. The second kappa shape index (κ2) is 5.84. The number of hydrogen-bond donors (Lipinski definition) is 1. The first-order valence-corrected chi connectivity index (χ1v) is 8.48. The standard InChI is InChI=1S/C18H23N3O/c1-2-12-3-5-14(6-4-12)18-20-17(22-21-18)11-13-9-15-7-8-16(10-13)19-15/h3-6,13,15-16,19H,2,7-11H2,1H3. The fourth-order valence-corrected chi connectivity index (χ4v) is 3.93. The smallest absolute Gasteiger partial charge is 0.227 e. The van der Waals surface area contributed by atoms with Crippen LogP contribution in [0.3, 0.4) is 0 Å². The number of hydrogen-bond acceptors (Lipinski definition) is 4. The van der Waals surface area contributed by atoms with E-state index in [-0.39, 0.29) is 0 Å². The van der Waals surface area contributed by atoms with Crippen molar-refractivity contribution in [3.8, 4) is 11.4 Å². The normalized spacial score (nSPS) is 27.2. The zero-order chi connectivity index (χ0) is 14.9. The predicted octanol–water partition coefficient (Wildman–Crippen LogP) is 3.37. The van der Waals surface area contributed by atoms with Crippen LogP contribution in [0.25, 0.3) is 11.4 Å². The van der Waals surface area contributed by atoms with E-state index in [4.69, 9.17) is 4.52 Å². The molecule has 2 aromatic rings. The lowest BCUT2D eigenvalue weighted by atomic mass is 9.90. The summed E-state index contributed by atoms with van der Waals surface area (Å²) < 4.78 is 5.49. The van der Waals surface area contributed by atoms with Crippen LogP contribution in [0.2, 0.25) is 0 Å². The summed E-state index contributed by atoms with van der Waals surface area (Å²) in [6.07, 6.45) is 7.14. The first-order valence-electron chi connectivity index (χ1n) is 8.48. The van der Waals surface area contributed by atoms with Gasteiger partial charge in [0.25, 0.3) is 0 Å². The maximum atomic E-state index is 5.49. The van der Waals surface area contributed by atoms with Gasteiger partial charge in [0.05, 0.1) is 0 Å². The Morgan fingerprint density at radius 3 is 2.55 bits per heavy atom. The second-order valence-corrected chi connectivity index (χ2v) is 6.74. The molecule has 2 unspecified atom stereocenters. The zero-order valence-corrected chi connectivity index (χ0v) is 13.1. The Morgan fingerprint density at radius 1 is 1.14 bits per heavy atom. The minimum absolute atomic E-state index is 0.689. The van der Waals surface area contributed by atoms with Gasteiger partial charge in [0.2, 0.25) is 11.7 Å². The van der Waals surface area contributed by atoms with E-state index in [1.807, 2.05) is 0 Å². The monoisotopic (exact) mass is 297 g/mol. The van der Waals surface area contributed by atoms with Crippen molar-refractivity contribution >= 4 is 0 Å². The van der Waals surface area contributed by atoms with E-state index in [0.717, 1.165) is 30.1 Å². The lowest BCUT2D eigenvalue weighted by Gasteiger charge is -2.27. The summed E-state index contributed by atoms with van der Waals surface area (Å²) in [6.45, 7) is 2.16. The molecular weight excluding hydrogens is 274 g/mol. The molecule has 0 saturated carbocycles. The van der Waals surface area contributed by atoms with Crippen molar-refractivity contribution < 1.29 is 4.52 Å². The van der Waals surface area contributed by atoms with E-state index in [9.17, 15) is 0 Å². The maximum Gasteiger partial charge on any atom is 0.227 e. The van der Waals surface area contributed by atoms with Crippen LogP contribution in [0.4, 0.5) is 0 Å². The van der Waals surface area contributed by atoms with Crippen molar-refractivity contribution in [3.05, 3.63) is 35.7 Å². The second-order valence-electron chi connectivity index (χ2n) is 6.74. The number of benzene rings is 1. The number of nitrogens with one attached hydrogen (secondary N) is 1. The zero-order valence-electron chi connectivity index (χ0n) is 13.1. The van der Waals surface area contributed by atoms with Crippen LogP contribution in [0.1, 0.15) is 44.1 Å². The lowest BCUT2D eigenvalue weighted by Crippen LogP contribution is -2.38. The molecule has 2 fully saturated rings. The Labute approximate surface area is 131 Å². The molecule has 4 nitrogen and oxygen atoms in total. The van der Waals surface area contributed by atoms with Crippen molar-refractivity contribution in [2.24, 2.45) is 5.92 Å². The summed E-state index contributed by atoms with van der Waals surface area (Å²) in [4.78, 5) is 4.60. The fourth-order valence-electron chi connectivity index (χ4n) is 3.93. The van der Waals surface area contributed by atoms with Gasteiger partial charge in [0.15, 0.2) is 0 Å². The van der Waals surface area contributed by atoms with Gasteiger partial charge in [0.1, 0.15) is 0 Å². The van der Waals surface area contributed by atoms with Crippen molar-refractivity contribution in [1.82, 2.24) is 15.5 Å². The average molecular weight is 297 g/mol. The molecule has 1 aromatic carbocycles. The van der Waals surface area contributed by atoms with Crippen LogP contribution in [0.5, 0.6) is 0 Å². The molecule has 1 N–H and O–H groups in total. The van der Waals surface area contributed by atoms with Crippen molar-refractivity contribution in [1.29, 1.82) is 0 Å². The number of fused-ring (bicyclic) bond motifs is 2. The van der Waals surface area contributed by atoms with Gasteiger partial charge in [-0.25, -0.2) is 0 Å². The predicted molar refractivity (Wildman–Crippen MR) is 85.5 cm³/mol. The molecule has 1 aromatic heterocycles. The van der Waals surface area contributed by atoms with Crippen LogP contribution in [0.15, 0.2) is 28.8 Å². The van der Waals surface area contributed by atoms with Gasteiger partial charge < -0.3 is 9.84 Å². The van der Waals surface area contributed by atoms with Gasteiger partial charge in [0, 0.05) is 24.1 Å². The molecule has 4 rings (SSSR count). The van der Waals surface area contributed by atoms with E-state index in [1.54, 1.807) is 0 Å². The lowest BCUT2D eigenvalue weighted by molar-refractivity contribution is 0.270. The maximum absolute atomic E-state index is 5.49. The van der Waals surface area contributed by atoms with Crippen LogP contribution in [-0.4, -0.2) is 22.2 Å². The van der Waals surface area contributed by atoms with E-state index in [0.29, 0.717) is 18.0 Å². The number of nitrogens with zero attached hydrogens (tertiary/aromatic N) is 2. The summed E-state index contributed by atoms with van der Waals surface area (Å²) in [5, 5.41) is 7.84. The fraction of sp³-hybridized carbons (Fsp3) is 0.556. The molecular formula is C18H23N3O. The van der Waals surface area contributed by atoms with Crippen molar-refractivity contribution in [3.63, 3.8) is 0 Å². The van der Waals surface area contributed by atoms with Gasteiger partial charge in [-0.2, -0.15) is 4.98 Å². The molecule has 2 aliphatic rings. The highest BCUT2D eigenvalue weighted by atomic mass is 16.5. The first kappa shape index (κ1) is 13.9. The van der Waals surface area contributed by atoms with E-state index in [1.165, 1.54) is 31.2 Å². The topological polar surface area (TPSA) is 51.0 Å². The largest absolute Gasteiger partial charge is 0.339 e. The molecule has 0 amide bonds. The van der Waals surface area contributed by atoms with E-state index >= 15 is 0 Å². The highest BCUT2D eigenvalue weighted by molar-refractivity contribution is 5.54. The van der Waals surface area contributed by atoms with Gasteiger partial charge in [-0.15, -0.1) is 0 Å². The highest BCUT2D eigenvalue weighted by Crippen LogP contribution is 2.32. The number of piperidine rings is 1. The number of rotatable bonds is 4. The Kier molecular flexibility index (Phi) is 3.70. The summed E-state index contributed by atoms with van der Waals surface area (Å²) in [5.74, 6) is 2.20. The molecule has 22 heavy (non-hydrogen) atoms. The third kappa shape index (κ3) is 2.80.